The molecule has 0 saturated carbocycles. The minimum atomic E-state index is -0.997. The van der Waals surface area contributed by atoms with Gasteiger partial charge in [0, 0.05) is 22.8 Å². The molecule has 2 heterocycles. The number of nitrogens with zero attached hydrogens (tertiary/aromatic N) is 2. The Morgan fingerprint density at radius 1 is 0.966 bits per heavy atom. The van der Waals surface area contributed by atoms with Gasteiger partial charge in [-0.2, -0.15) is 0 Å². The highest BCUT2D eigenvalue weighted by Crippen LogP contribution is 2.32. The smallest absolute Gasteiger partial charge is 0.269 e. The first kappa shape index (κ1) is 17.8. The molecule has 0 aliphatic carbocycles. The molecule has 0 amide bonds. The Hall–Kier alpha value is -3.32. The highest BCUT2D eigenvalue weighted by molar-refractivity contribution is 7.98. The number of carbonyl (C=O) groups excluding carboxylic acids is 1. The van der Waals surface area contributed by atoms with Crippen molar-refractivity contribution in [3.63, 3.8) is 0 Å². The van der Waals surface area contributed by atoms with E-state index in [-0.39, 0.29) is 16.7 Å². The van der Waals surface area contributed by atoms with Crippen molar-refractivity contribution in [1.82, 2.24) is 9.55 Å². The van der Waals surface area contributed by atoms with Crippen LogP contribution < -0.4 is 5.56 Å². The van der Waals surface area contributed by atoms with Crippen LogP contribution in [0.1, 0.15) is 21.7 Å². The number of ketones is 1. The van der Waals surface area contributed by atoms with E-state index in [9.17, 15) is 18.4 Å². The Bertz CT molecular complexity index is 1370. The fourth-order valence-corrected chi connectivity index (χ4v) is 4.34. The number of thioether (sulfide) groups is 1. The first-order chi connectivity index (χ1) is 14.0. The molecule has 4 aromatic rings. The lowest BCUT2D eigenvalue weighted by Gasteiger charge is -2.07. The second kappa shape index (κ2) is 6.63. The highest BCUT2D eigenvalue weighted by atomic mass is 32.2. The molecular formula is C22H12F2N2O2S. The normalized spacial score (nSPS) is 12.3. The van der Waals surface area contributed by atoms with Crippen LogP contribution in [0.3, 0.4) is 0 Å². The van der Waals surface area contributed by atoms with E-state index < -0.39 is 23.0 Å². The fraction of sp³-hybridized carbons (Fsp3) is 0.0455. The molecule has 5 rings (SSSR count). The Kier molecular flexibility index (Phi) is 4.06. The molecule has 7 heteroatoms. The second-order valence-electron chi connectivity index (χ2n) is 6.64. The van der Waals surface area contributed by atoms with Gasteiger partial charge in [0.05, 0.1) is 16.8 Å². The molecule has 142 valence electrons. The summed E-state index contributed by atoms with van der Waals surface area (Å²) in [5, 5.41) is -0.335. The van der Waals surface area contributed by atoms with Crippen molar-refractivity contribution in [2.24, 2.45) is 0 Å². The summed E-state index contributed by atoms with van der Waals surface area (Å²) in [6, 6.07) is 16.7. The van der Waals surface area contributed by atoms with Crippen molar-refractivity contribution in [1.29, 1.82) is 0 Å². The fourth-order valence-electron chi connectivity index (χ4n) is 3.45. The zero-order valence-electron chi connectivity index (χ0n) is 14.9. The van der Waals surface area contributed by atoms with Crippen molar-refractivity contribution in [3.05, 3.63) is 99.6 Å². The number of fused-ring (bicyclic) bond motifs is 4. The molecule has 0 radical (unpaired) electrons. The molecule has 0 unspecified atom stereocenters. The topological polar surface area (TPSA) is 52.0 Å². The number of aromatic nitrogens is 2. The van der Waals surface area contributed by atoms with Gasteiger partial charge in [-0.3, -0.25) is 14.2 Å². The number of rotatable bonds is 3. The Morgan fingerprint density at radius 2 is 1.76 bits per heavy atom. The first-order valence-electron chi connectivity index (χ1n) is 8.80. The van der Waals surface area contributed by atoms with Gasteiger partial charge in [-0.25, -0.2) is 13.8 Å². The molecule has 0 fully saturated rings. The van der Waals surface area contributed by atoms with Gasteiger partial charge in [0.2, 0.25) is 5.78 Å². The van der Waals surface area contributed by atoms with E-state index in [1.165, 1.54) is 0 Å². The summed E-state index contributed by atoms with van der Waals surface area (Å²) in [4.78, 5) is 30.7. The quantitative estimate of drug-likeness (QED) is 0.414. The summed E-state index contributed by atoms with van der Waals surface area (Å²) >= 11 is 1.56. The van der Waals surface area contributed by atoms with Gasteiger partial charge in [-0.05, 0) is 23.8 Å². The number of carbonyl (C=O) groups is 1. The summed E-state index contributed by atoms with van der Waals surface area (Å²) in [5.74, 6) is -1.69. The zero-order chi connectivity index (χ0) is 20.1. The van der Waals surface area contributed by atoms with Gasteiger partial charge >= 0.3 is 0 Å². The van der Waals surface area contributed by atoms with Crippen molar-refractivity contribution in [3.8, 4) is 5.69 Å². The van der Waals surface area contributed by atoms with Crippen LogP contribution in [-0.2, 0) is 5.75 Å². The molecule has 1 aliphatic rings. The largest absolute Gasteiger partial charge is 0.285 e. The number of benzene rings is 3. The molecule has 4 nitrogen and oxygen atoms in total. The summed E-state index contributed by atoms with van der Waals surface area (Å²) in [6.07, 6.45) is 0. The van der Waals surface area contributed by atoms with E-state index in [0.29, 0.717) is 17.3 Å². The Balaban J connectivity index is 1.59. The van der Waals surface area contributed by atoms with Crippen molar-refractivity contribution in [2.45, 2.75) is 10.6 Å². The minimum Gasteiger partial charge on any atom is -0.285 e. The van der Waals surface area contributed by atoms with Crippen LogP contribution in [0.25, 0.3) is 16.6 Å². The van der Waals surface area contributed by atoms with E-state index >= 15 is 0 Å². The molecule has 0 atom stereocenters. The van der Waals surface area contributed by atoms with Gasteiger partial charge in [0.25, 0.3) is 5.56 Å². The van der Waals surface area contributed by atoms with Crippen LogP contribution in [0, 0.1) is 11.6 Å². The zero-order valence-corrected chi connectivity index (χ0v) is 15.7. The van der Waals surface area contributed by atoms with Gasteiger partial charge in [-0.15, -0.1) is 11.8 Å². The maximum absolute atomic E-state index is 14.2. The van der Waals surface area contributed by atoms with Crippen molar-refractivity contribution in [2.75, 3.05) is 0 Å². The van der Waals surface area contributed by atoms with Gasteiger partial charge in [-0.1, -0.05) is 30.3 Å². The summed E-state index contributed by atoms with van der Waals surface area (Å²) < 4.78 is 28.8. The summed E-state index contributed by atoms with van der Waals surface area (Å²) in [7, 11) is 0. The molecule has 0 saturated heterocycles. The van der Waals surface area contributed by atoms with Gasteiger partial charge in [0.1, 0.15) is 17.0 Å². The second-order valence-corrected chi connectivity index (χ2v) is 7.69. The molecular weight excluding hydrogens is 394 g/mol. The average molecular weight is 406 g/mol. The number of hydrogen-bond donors (Lipinski definition) is 0. The SMILES string of the molecule is O=C1c2cc(SCc3ccccc3)ccc2-n2c1nc1cc(F)cc(F)c1c2=O. The molecule has 29 heavy (non-hydrogen) atoms. The van der Waals surface area contributed by atoms with E-state index in [2.05, 4.69) is 4.98 Å². The summed E-state index contributed by atoms with van der Waals surface area (Å²) in [5.41, 5.74) is 0.938. The van der Waals surface area contributed by atoms with E-state index in [4.69, 9.17) is 0 Å². The first-order valence-corrected chi connectivity index (χ1v) is 9.79. The predicted octanol–water partition coefficient (Wildman–Crippen LogP) is 4.50. The lowest BCUT2D eigenvalue weighted by molar-refractivity contribution is 0.103. The number of halogens is 2. The number of hydrogen-bond acceptors (Lipinski definition) is 4. The monoisotopic (exact) mass is 406 g/mol. The molecule has 0 bridgehead atoms. The maximum Gasteiger partial charge on any atom is 0.269 e. The van der Waals surface area contributed by atoms with Crippen LogP contribution >= 0.6 is 11.8 Å². The lowest BCUT2D eigenvalue weighted by atomic mass is 10.1. The third-order valence-electron chi connectivity index (χ3n) is 4.79. The van der Waals surface area contributed by atoms with Crippen molar-refractivity contribution < 1.29 is 13.6 Å². The van der Waals surface area contributed by atoms with Crippen LogP contribution in [0.5, 0.6) is 0 Å². The minimum absolute atomic E-state index is 0.132. The van der Waals surface area contributed by atoms with Crippen LogP contribution in [0.15, 0.2) is 70.4 Å². The Labute approximate surface area is 167 Å². The lowest BCUT2D eigenvalue weighted by Crippen LogP contribution is -2.22. The molecule has 3 aromatic carbocycles. The van der Waals surface area contributed by atoms with E-state index in [1.54, 1.807) is 23.9 Å². The summed E-state index contributed by atoms with van der Waals surface area (Å²) in [6.45, 7) is 0. The highest BCUT2D eigenvalue weighted by Gasteiger charge is 2.31. The van der Waals surface area contributed by atoms with Gasteiger partial charge < -0.3 is 0 Å². The van der Waals surface area contributed by atoms with Gasteiger partial charge in [0.15, 0.2) is 5.82 Å². The van der Waals surface area contributed by atoms with Crippen molar-refractivity contribution >= 4 is 28.4 Å². The standard InChI is InChI=1S/C22H12F2N2O2S/c23-13-8-16(24)19-17(9-13)25-21-20(27)15-10-14(6-7-18(15)26(21)22(19)28)29-11-12-4-2-1-3-5-12/h1-10H,11H2. The average Bonchev–Trinajstić information content (AvgIpc) is 2.99. The van der Waals surface area contributed by atoms with E-state index in [1.807, 2.05) is 36.4 Å². The molecule has 0 spiro atoms. The van der Waals surface area contributed by atoms with Crippen LogP contribution in [0.2, 0.25) is 0 Å². The maximum atomic E-state index is 14.2. The molecule has 1 aromatic heterocycles. The molecule has 1 aliphatic heterocycles. The molecule has 0 N–H and O–H groups in total. The van der Waals surface area contributed by atoms with Crippen LogP contribution in [0.4, 0.5) is 8.78 Å². The van der Waals surface area contributed by atoms with Crippen LogP contribution in [-0.4, -0.2) is 15.3 Å². The predicted molar refractivity (Wildman–Crippen MR) is 107 cm³/mol. The Morgan fingerprint density at radius 3 is 2.55 bits per heavy atom. The third kappa shape index (κ3) is 2.86. The van der Waals surface area contributed by atoms with E-state index in [0.717, 1.165) is 26.8 Å². The third-order valence-corrected chi connectivity index (χ3v) is 5.86.